The summed E-state index contributed by atoms with van der Waals surface area (Å²) in [6.45, 7) is 6.54. The van der Waals surface area contributed by atoms with E-state index in [4.69, 9.17) is 0 Å². The normalized spacial score (nSPS) is 31.8. The molecular formula is C9H15N3S. The fourth-order valence-electron chi connectivity index (χ4n) is 1.53. The summed E-state index contributed by atoms with van der Waals surface area (Å²) < 4.78 is 0. The summed E-state index contributed by atoms with van der Waals surface area (Å²) in [5.41, 5.74) is 0.500. The third-order valence-electron chi connectivity index (χ3n) is 2.98. The number of aryl methyl sites for hydroxylation is 1. The van der Waals surface area contributed by atoms with Crippen LogP contribution in [0.3, 0.4) is 0 Å². The lowest BCUT2D eigenvalue weighted by atomic mass is 10.1. The Kier molecular flexibility index (Phi) is 2.02. The SMILES string of the molecule is CCC1(C)CC1Nc1nnc(C)s1. The molecule has 0 aromatic carbocycles. The van der Waals surface area contributed by atoms with Gasteiger partial charge in [0.25, 0.3) is 0 Å². The van der Waals surface area contributed by atoms with Crippen molar-refractivity contribution >= 4 is 16.5 Å². The summed E-state index contributed by atoms with van der Waals surface area (Å²) in [7, 11) is 0. The maximum absolute atomic E-state index is 4.05. The van der Waals surface area contributed by atoms with Crippen LogP contribution >= 0.6 is 11.3 Å². The maximum atomic E-state index is 4.05. The lowest BCUT2D eigenvalue weighted by molar-refractivity contribution is 0.535. The molecule has 1 aromatic heterocycles. The molecule has 2 unspecified atom stereocenters. The standard InChI is InChI=1S/C9H15N3S/c1-4-9(3)5-7(9)10-8-12-11-6(2)13-8/h7H,4-5H2,1-3H3,(H,10,12). The molecule has 1 N–H and O–H groups in total. The van der Waals surface area contributed by atoms with Gasteiger partial charge in [0, 0.05) is 6.04 Å². The Hall–Kier alpha value is -0.640. The van der Waals surface area contributed by atoms with Gasteiger partial charge >= 0.3 is 0 Å². The second kappa shape index (κ2) is 2.94. The van der Waals surface area contributed by atoms with Gasteiger partial charge in [-0.25, -0.2) is 0 Å². The largest absolute Gasteiger partial charge is 0.357 e. The number of hydrogen-bond acceptors (Lipinski definition) is 4. The highest BCUT2D eigenvalue weighted by atomic mass is 32.1. The lowest BCUT2D eigenvalue weighted by Gasteiger charge is -2.06. The molecule has 0 spiro atoms. The van der Waals surface area contributed by atoms with Crippen molar-refractivity contribution in [1.82, 2.24) is 10.2 Å². The third kappa shape index (κ3) is 1.68. The second-order valence-corrected chi connectivity index (χ2v) is 5.22. The topological polar surface area (TPSA) is 37.8 Å². The molecule has 1 fully saturated rings. The predicted molar refractivity (Wildman–Crippen MR) is 55.1 cm³/mol. The zero-order valence-electron chi connectivity index (χ0n) is 8.29. The number of nitrogens with zero attached hydrogens (tertiary/aromatic N) is 2. The average molecular weight is 197 g/mol. The molecule has 1 aliphatic carbocycles. The minimum Gasteiger partial charge on any atom is -0.357 e. The van der Waals surface area contributed by atoms with Crippen LogP contribution < -0.4 is 5.32 Å². The molecule has 0 bridgehead atoms. The lowest BCUT2D eigenvalue weighted by Crippen LogP contribution is -2.09. The molecule has 1 aliphatic rings. The fraction of sp³-hybridized carbons (Fsp3) is 0.778. The Morgan fingerprint density at radius 3 is 2.85 bits per heavy atom. The minimum absolute atomic E-state index is 0.500. The molecule has 0 amide bonds. The van der Waals surface area contributed by atoms with Crippen LogP contribution in [-0.2, 0) is 0 Å². The van der Waals surface area contributed by atoms with Crippen molar-refractivity contribution in [3.8, 4) is 0 Å². The highest BCUT2D eigenvalue weighted by molar-refractivity contribution is 7.15. The zero-order valence-corrected chi connectivity index (χ0v) is 9.11. The van der Waals surface area contributed by atoms with Gasteiger partial charge in [0.1, 0.15) is 5.01 Å². The monoisotopic (exact) mass is 197 g/mol. The van der Waals surface area contributed by atoms with Crippen LogP contribution in [0.2, 0.25) is 0 Å². The van der Waals surface area contributed by atoms with Gasteiger partial charge < -0.3 is 5.32 Å². The summed E-state index contributed by atoms with van der Waals surface area (Å²) >= 11 is 1.63. The van der Waals surface area contributed by atoms with Crippen molar-refractivity contribution in [2.24, 2.45) is 5.41 Å². The smallest absolute Gasteiger partial charge is 0.205 e. The van der Waals surface area contributed by atoms with Crippen molar-refractivity contribution in [3.63, 3.8) is 0 Å². The molecular weight excluding hydrogens is 182 g/mol. The molecule has 0 aliphatic heterocycles. The summed E-state index contributed by atoms with van der Waals surface area (Å²) in [6.07, 6.45) is 2.50. The van der Waals surface area contributed by atoms with E-state index in [1.807, 2.05) is 6.92 Å². The fourth-order valence-corrected chi connectivity index (χ4v) is 2.17. The van der Waals surface area contributed by atoms with Crippen molar-refractivity contribution in [2.75, 3.05) is 5.32 Å². The molecule has 1 heterocycles. The van der Waals surface area contributed by atoms with Gasteiger partial charge in [-0.05, 0) is 25.2 Å². The van der Waals surface area contributed by atoms with Gasteiger partial charge in [-0.15, -0.1) is 10.2 Å². The van der Waals surface area contributed by atoms with Gasteiger partial charge in [-0.3, -0.25) is 0 Å². The van der Waals surface area contributed by atoms with Crippen LogP contribution in [-0.4, -0.2) is 16.2 Å². The van der Waals surface area contributed by atoms with E-state index < -0.39 is 0 Å². The Bertz CT molecular complexity index is 310. The summed E-state index contributed by atoms with van der Waals surface area (Å²) in [6, 6.07) is 0.616. The van der Waals surface area contributed by atoms with Crippen LogP contribution in [0.4, 0.5) is 5.13 Å². The molecule has 2 atom stereocenters. The summed E-state index contributed by atoms with van der Waals surface area (Å²) in [5, 5.41) is 13.5. The highest BCUT2D eigenvalue weighted by Crippen LogP contribution is 2.50. The molecule has 72 valence electrons. The van der Waals surface area contributed by atoms with E-state index in [0.717, 1.165) is 10.1 Å². The van der Waals surface area contributed by atoms with E-state index in [9.17, 15) is 0 Å². The number of aromatic nitrogens is 2. The number of hydrogen-bond donors (Lipinski definition) is 1. The van der Waals surface area contributed by atoms with Crippen LogP contribution in [0.15, 0.2) is 0 Å². The van der Waals surface area contributed by atoms with E-state index >= 15 is 0 Å². The first-order valence-electron chi connectivity index (χ1n) is 4.71. The maximum Gasteiger partial charge on any atom is 0.205 e. The van der Waals surface area contributed by atoms with Crippen molar-refractivity contribution < 1.29 is 0 Å². The molecule has 3 nitrogen and oxygen atoms in total. The van der Waals surface area contributed by atoms with Crippen molar-refractivity contribution in [2.45, 2.75) is 39.7 Å². The van der Waals surface area contributed by atoms with Gasteiger partial charge in [0.15, 0.2) is 0 Å². The number of nitrogens with one attached hydrogen (secondary N) is 1. The molecule has 1 saturated carbocycles. The van der Waals surface area contributed by atoms with Gasteiger partial charge in [0.2, 0.25) is 5.13 Å². The van der Waals surface area contributed by atoms with Gasteiger partial charge in [-0.1, -0.05) is 25.2 Å². The highest BCUT2D eigenvalue weighted by Gasteiger charge is 2.48. The van der Waals surface area contributed by atoms with E-state index in [-0.39, 0.29) is 0 Å². The first-order chi connectivity index (χ1) is 6.14. The quantitative estimate of drug-likeness (QED) is 0.808. The molecule has 1 aromatic rings. The van der Waals surface area contributed by atoms with Gasteiger partial charge in [-0.2, -0.15) is 0 Å². The number of rotatable bonds is 3. The van der Waals surface area contributed by atoms with E-state index in [2.05, 4.69) is 29.4 Å². The Balaban J connectivity index is 1.94. The molecule has 0 radical (unpaired) electrons. The molecule has 4 heteroatoms. The molecule has 0 saturated heterocycles. The minimum atomic E-state index is 0.500. The van der Waals surface area contributed by atoms with Crippen LogP contribution in [0.5, 0.6) is 0 Å². The van der Waals surface area contributed by atoms with Crippen LogP contribution in [0.1, 0.15) is 31.7 Å². The third-order valence-corrected chi connectivity index (χ3v) is 3.75. The van der Waals surface area contributed by atoms with Crippen molar-refractivity contribution in [3.05, 3.63) is 5.01 Å². The Morgan fingerprint density at radius 1 is 1.62 bits per heavy atom. The summed E-state index contributed by atoms with van der Waals surface area (Å²) in [5.74, 6) is 0. The zero-order chi connectivity index (χ0) is 9.47. The Labute approximate surface area is 82.6 Å². The number of anilines is 1. The molecule has 13 heavy (non-hydrogen) atoms. The second-order valence-electron chi connectivity index (χ2n) is 4.03. The van der Waals surface area contributed by atoms with E-state index in [1.54, 1.807) is 11.3 Å². The Morgan fingerprint density at radius 2 is 2.38 bits per heavy atom. The van der Waals surface area contributed by atoms with Crippen LogP contribution in [0, 0.1) is 12.3 Å². The van der Waals surface area contributed by atoms with E-state index in [1.165, 1.54) is 12.8 Å². The first kappa shape index (κ1) is 8.94. The van der Waals surface area contributed by atoms with Crippen LogP contribution in [0.25, 0.3) is 0 Å². The summed E-state index contributed by atoms with van der Waals surface area (Å²) in [4.78, 5) is 0. The first-order valence-corrected chi connectivity index (χ1v) is 5.52. The average Bonchev–Trinajstić information content (AvgIpc) is 2.53. The molecule has 2 rings (SSSR count). The van der Waals surface area contributed by atoms with E-state index in [0.29, 0.717) is 11.5 Å². The van der Waals surface area contributed by atoms with Gasteiger partial charge in [0.05, 0.1) is 0 Å². The van der Waals surface area contributed by atoms with Crippen molar-refractivity contribution in [1.29, 1.82) is 0 Å². The predicted octanol–water partition coefficient (Wildman–Crippen LogP) is 2.45.